The number of esters is 1. The molecule has 1 aromatic carbocycles. The normalized spacial score (nSPS) is 11.8. The van der Waals surface area contributed by atoms with Crippen molar-refractivity contribution >= 4 is 46.4 Å². The van der Waals surface area contributed by atoms with Crippen molar-refractivity contribution in [1.29, 1.82) is 0 Å². The van der Waals surface area contributed by atoms with Gasteiger partial charge in [0.05, 0.1) is 12.5 Å². The van der Waals surface area contributed by atoms with E-state index in [1.165, 1.54) is 0 Å². The summed E-state index contributed by atoms with van der Waals surface area (Å²) in [5.74, 6) is -0.770. The summed E-state index contributed by atoms with van der Waals surface area (Å²) in [7, 11) is 0. The molecular weight excluding hydrogens is 369 g/mol. The van der Waals surface area contributed by atoms with Crippen LogP contribution in [0.15, 0.2) is 35.7 Å². The number of nitrogens with one attached hydrogen (secondary N) is 1. The molecule has 0 bridgehead atoms. The Hall–Kier alpha value is -1.56. The molecule has 1 N–H and O–H groups in total. The number of hydrogen-bond donors (Lipinski definition) is 1. The number of halogens is 2. The van der Waals surface area contributed by atoms with Crippen LogP contribution in [0.25, 0.3) is 0 Å². The molecule has 2 aromatic rings. The van der Waals surface area contributed by atoms with Crippen LogP contribution in [0, 0.1) is 0 Å². The molecule has 0 unspecified atom stereocenters. The highest BCUT2D eigenvalue weighted by molar-refractivity contribution is 7.09. The Kier molecular flexibility index (Phi) is 7.09. The van der Waals surface area contributed by atoms with Gasteiger partial charge in [-0.25, -0.2) is 0 Å². The van der Waals surface area contributed by atoms with Gasteiger partial charge in [-0.15, -0.1) is 11.3 Å². The molecule has 4 nitrogen and oxygen atoms in total. The summed E-state index contributed by atoms with van der Waals surface area (Å²) in [5.41, 5.74) is 0.749. The summed E-state index contributed by atoms with van der Waals surface area (Å²) in [5, 5.41) is 5.70. The number of carbonyl (C=O) groups excluding carboxylic acids is 2. The van der Waals surface area contributed by atoms with Crippen molar-refractivity contribution in [3.8, 4) is 0 Å². The third-order valence-electron chi connectivity index (χ3n) is 3.33. The molecule has 0 radical (unpaired) electrons. The second-order valence-electron chi connectivity index (χ2n) is 5.20. The highest BCUT2D eigenvalue weighted by Crippen LogP contribution is 2.25. The zero-order chi connectivity index (χ0) is 17.5. The minimum atomic E-state index is -0.393. The third kappa shape index (κ3) is 5.82. The second-order valence-corrected chi connectivity index (χ2v) is 7.07. The smallest absolute Gasteiger partial charge is 0.306 e. The molecule has 0 aliphatic carbocycles. The lowest BCUT2D eigenvalue weighted by Gasteiger charge is -2.16. The molecule has 7 heteroatoms. The van der Waals surface area contributed by atoms with Crippen LogP contribution >= 0.6 is 34.5 Å². The monoisotopic (exact) mass is 385 g/mol. The maximum atomic E-state index is 11.9. The van der Waals surface area contributed by atoms with Crippen LogP contribution in [-0.4, -0.2) is 18.5 Å². The molecule has 128 valence electrons. The van der Waals surface area contributed by atoms with E-state index in [2.05, 4.69) is 5.32 Å². The summed E-state index contributed by atoms with van der Waals surface area (Å²) in [6.07, 6.45) is 0.876. The molecule has 0 saturated carbocycles. The van der Waals surface area contributed by atoms with Crippen LogP contribution in [0.3, 0.4) is 0 Å². The maximum absolute atomic E-state index is 11.9. The Bertz CT molecular complexity index is 704. The first-order valence-corrected chi connectivity index (χ1v) is 9.01. The lowest BCUT2D eigenvalue weighted by atomic mass is 10.1. The van der Waals surface area contributed by atoms with Gasteiger partial charge in [0, 0.05) is 14.9 Å². The van der Waals surface area contributed by atoms with Crippen LogP contribution in [0.1, 0.15) is 29.8 Å². The fourth-order valence-electron chi connectivity index (χ4n) is 2.11. The SMILES string of the molecule is C[C@@H](NC(=O)COC(=O)CCc1cccs1)c1ccc(Cl)cc1Cl. The minimum absolute atomic E-state index is 0.256. The number of carbonyl (C=O) groups is 2. The fourth-order valence-corrected chi connectivity index (χ4v) is 3.39. The number of amides is 1. The van der Waals surface area contributed by atoms with Gasteiger partial charge in [-0.05, 0) is 42.5 Å². The number of thiophene rings is 1. The van der Waals surface area contributed by atoms with E-state index in [4.69, 9.17) is 27.9 Å². The fraction of sp³-hybridized carbons (Fsp3) is 0.294. The van der Waals surface area contributed by atoms with Crippen molar-refractivity contribution in [1.82, 2.24) is 5.32 Å². The zero-order valence-corrected chi connectivity index (χ0v) is 15.4. The van der Waals surface area contributed by atoms with Crippen molar-refractivity contribution in [2.75, 3.05) is 6.61 Å². The van der Waals surface area contributed by atoms with Gasteiger partial charge in [0.15, 0.2) is 6.61 Å². The average Bonchev–Trinajstić information content (AvgIpc) is 3.04. The Morgan fingerprint density at radius 3 is 2.75 bits per heavy atom. The standard InChI is InChI=1S/C17H17Cl2NO3S/c1-11(14-6-4-12(18)9-15(14)19)20-16(21)10-23-17(22)7-5-13-3-2-8-24-13/h2-4,6,8-9,11H,5,7,10H2,1H3,(H,20,21)/t11-/m1/s1. The molecule has 1 amide bonds. The summed E-state index contributed by atoms with van der Waals surface area (Å²) >= 11 is 13.5. The van der Waals surface area contributed by atoms with Gasteiger partial charge >= 0.3 is 5.97 Å². The summed E-state index contributed by atoms with van der Waals surface area (Å²) < 4.78 is 4.99. The Balaban J connectivity index is 1.75. The molecule has 1 aromatic heterocycles. The number of rotatable bonds is 7. The largest absolute Gasteiger partial charge is 0.456 e. The Labute approximate surface area is 154 Å². The molecule has 0 aliphatic rings. The first-order valence-electron chi connectivity index (χ1n) is 7.38. The van der Waals surface area contributed by atoms with E-state index in [-0.39, 0.29) is 25.0 Å². The van der Waals surface area contributed by atoms with Gasteiger partial charge in [-0.1, -0.05) is 35.3 Å². The summed E-state index contributed by atoms with van der Waals surface area (Å²) in [4.78, 5) is 24.7. The quantitative estimate of drug-likeness (QED) is 0.718. The van der Waals surface area contributed by atoms with Gasteiger partial charge in [-0.3, -0.25) is 9.59 Å². The molecule has 1 atom stereocenters. The third-order valence-corrected chi connectivity index (χ3v) is 4.82. The van der Waals surface area contributed by atoms with Gasteiger partial charge in [0.2, 0.25) is 0 Å². The molecule has 0 fully saturated rings. The average molecular weight is 386 g/mol. The van der Waals surface area contributed by atoms with Gasteiger partial charge in [-0.2, -0.15) is 0 Å². The van der Waals surface area contributed by atoms with E-state index in [0.717, 1.165) is 10.4 Å². The molecule has 0 spiro atoms. The van der Waals surface area contributed by atoms with Crippen molar-refractivity contribution in [3.05, 3.63) is 56.2 Å². The summed E-state index contributed by atoms with van der Waals surface area (Å²) in [6.45, 7) is 1.49. The first kappa shape index (κ1) is 18.8. The van der Waals surface area contributed by atoms with E-state index in [1.54, 1.807) is 36.5 Å². The first-order chi connectivity index (χ1) is 11.5. The predicted molar refractivity (Wildman–Crippen MR) is 96.6 cm³/mol. The number of hydrogen-bond acceptors (Lipinski definition) is 4. The van der Waals surface area contributed by atoms with Crippen molar-refractivity contribution in [2.24, 2.45) is 0 Å². The van der Waals surface area contributed by atoms with E-state index < -0.39 is 5.97 Å². The molecule has 24 heavy (non-hydrogen) atoms. The van der Waals surface area contributed by atoms with Crippen LogP contribution in [0.5, 0.6) is 0 Å². The second kappa shape index (κ2) is 9.06. The van der Waals surface area contributed by atoms with Gasteiger partial charge in [0.1, 0.15) is 0 Å². The maximum Gasteiger partial charge on any atom is 0.306 e. The minimum Gasteiger partial charge on any atom is -0.456 e. The lowest BCUT2D eigenvalue weighted by Crippen LogP contribution is -2.31. The zero-order valence-electron chi connectivity index (χ0n) is 13.1. The van der Waals surface area contributed by atoms with E-state index in [0.29, 0.717) is 16.5 Å². The van der Waals surface area contributed by atoms with E-state index in [9.17, 15) is 9.59 Å². The van der Waals surface area contributed by atoms with E-state index in [1.807, 2.05) is 17.5 Å². The molecular formula is C17H17Cl2NO3S. The van der Waals surface area contributed by atoms with Gasteiger partial charge in [0.25, 0.3) is 5.91 Å². The molecule has 0 saturated heterocycles. The number of aryl methyl sites for hydroxylation is 1. The molecule has 2 rings (SSSR count). The van der Waals surface area contributed by atoms with Crippen molar-refractivity contribution in [2.45, 2.75) is 25.8 Å². The van der Waals surface area contributed by atoms with E-state index >= 15 is 0 Å². The van der Waals surface area contributed by atoms with Crippen LogP contribution in [0.4, 0.5) is 0 Å². The van der Waals surface area contributed by atoms with Crippen LogP contribution in [0.2, 0.25) is 10.0 Å². The number of ether oxygens (including phenoxy) is 1. The van der Waals surface area contributed by atoms with Gasteiger partial charge < -0.3 is 10.1 Å². The topological polar surface area (TPSA) is 55.4 Å². The Morgan fingerprint density at radius 2 is 2.08 bits per heavy atom. The molecule has 0 aliphatic heterocycles. The van der Waals surface area contributed by atoms with Crippen molar-refractivity contribution in [3.63, 3.8) is 0 Å². The highest BCUT2D eigenvalue weighted by Gasteiger charge is 2.14. The summed E-state index contributed by atoms with van der Waals surface area (Å²) in [6, 6.07) is 8.65. The van der Waals surface area contributed by atoms with Crippen LogP contribution < -0.4 is 5.32 Å². The lowest BCUT2D eigenvalue weighted by molar-refractivity contribution is -0.148. The van der Waals surface area contributed by atoms with Crippen molar-refractivity contribution < 1.29 is 14.3 Å². The predicted octanol–water partition coefficient (Wildman–Crippen LogP) is 4.41. The highest BCUT2D eigenvalue weighted by atomic mass is 35.5. The Morgan fingerprint density at radius 1 is 1.29 bits per heavy atom. The molecule has 1 heterocycles. The number of benzene rings is 1. The van der Waals surface area contributed by atoms with Crippen LogP contribution in [-0.2, 0) is 20.7 Å².